The van der Waals surface area contributed by atoms with Gasteiger partial charge in [0.1, 0.15) is 0 Å². The van der Waals surface area contributed by atoms with E-state index < -0.39 is 5.91 Å². The van der Waals surface area contributed by atoms with E-state index in [9.17, 15) is 9.59 Å². The van der Waals surface area contributed by atoms with Gasteiger partial charge < -0.3 is 10.6 Å². The van der Waals surface area contributed by atoms with Gasteiger partial charge in [0.25, 0.3) is 0 Å². The first kappa shape index (κ1) is 30.7. The quantitative estimate of drug-likeness (QED) is 0.121. The van der Waals surface area contributed by atoms with Crippen LogP contribution in [0.25, 0.3) is 0 Å². The van der Waals surface area contributed by atoms with E-state index in [0.29, 0.717) is 0 Å². The zero-order chi connectivity index (χ0) is 23.7. The van der Waals surface area contributed by atoms with E-state index in [1.165, 1.54) is 128 Å². The topological polar surface area (TPSA) is 63.4 Å². The maximum Gasteiger partial charge on any atom is 0.246 e. The third kappa shape index (κ3) is 21.9. The summed E-state index contributed by atoms with van der Waals surface area (Å²) >= 11 is 0. The van der Waals surface area contributed by atoms with Gasteiger partial charge in [-0.2, -0.15) is 0 Å². The molecule has 0 bridgehead atoms. The van der Waals surface area contributed by atoms with Crippen molar-refractivity contribution in [1.29, 1.82) is 0 Å². The Morgan fingerprint density at radius 2 is 0.844 bits per heavy atom. The zero-order valence-corrected chi connectivity index (χ0v) is 21.6. The molecule has 0 spiro atoms. The summed E-state index contributed by atoms with van der Waals surface area (Å²) in [6.07, 6.45) is 28.4. The van der Waals surface area contributed by atoms with Crippen molar-refractivity contribution in [1.82, 2.24) is 4.90 Å². The van der Waals surface area contributed by atoms with Gasteiger partial charge in [-0.1, -0.05) is 129 Å². The molecule has 2 N–H and O–H groups in total. The first-order valence-corrected chi connectivity index (χ1v) is 13.9. The molecule has 0 aromatic rings. The molecule has 4 heteroatoms. The number of primary amides is 1. The second-order valence-electron chi connectivity index (χ2n) is 9.42. The molecule has 0 aromatic carbocycles. The summed E-state index contributed by atoms with van der Waals surface area (Å²) in [7, 11) is 0. The third-order valence-corrected chi connectivity index (χ3v) is 6.27. The number of hydrogen-bond donors (Lipinski definition) is 1. The molecule has 0 aromatic heterocycles. The average Bonchev–Trinajstić information content (AvgIpc) is 2.78. The van der Waals surface area contributed by atoms with Gasteiger partial charge in [-0.15, -0.1) is 0 Å². The lowest BCUT2D eigenvalue weighted by Crippen LogP contribution is -2.32. The predicted molar refractivity (Wildman–Crippen MR) is 139 cm³/mol. The molecule has 0 fully saturated rings. The van der Waals surface area contributed by atoms with Crippen molar-refractivity contribution in [3.63, 3.8) is 0 Å². The largest absolute Gasteiger partial charge is 0.366 e. The number of unbranched alkanes of at least 4 members (excludes halogenated alkanes) is 18. The fourth-order valence-corrected chi connectivity index (χ4v) is 4.17. The highest BCUT2D eigenvalue weighted by Crippen LogP contribution is 2.13. The molecular formula is C28H54N2O2. The highest BCUT2D eigenvalue weighted by Gasteiger charge is 2.10. The number of amides is 2. The van der Waals surface area contributed by atoms with E-state index in [-0.39, 0.29) is 5.91 Å². The van der Waals surface area contributed by atoms with Crippen LogP contribution < -0.4 is 5.73 Å². The molecular weight excluding hydrogens is 396 g/mol. The van der Waals surface area contributed by atoms with Gasteiger partial charge in [0.2, 0.25) is 11.8 Å². The number of carbonyl (C=O) groups excluding carboxylic acids is 2. The van der Waals surface area contributed by atoms with Crippen LogP contribution in [0.2, 0.25) is 0 Å². The standard InChI is InChI=1S/C28H54N2O2/c1-3-5-7-9-11-13-15-17-19-21-25-30(28(32)24-23-27(29)31)26-22-20-18-16-14-12-10-8-6-4-2/h23-24H,3-22,25-26H2,1-2H3,(H2,29,31). The Morgan fingerprint density at radius 3 is 1.16 bits per heavy atom. The van der Waals surface area contributed by atoms with E-state index >= 15 is 0 Å². The van der Waals surface area contributed by atoms with Crippen LogP contribution >= 0.6 is 0 Å². The van der Waals surface area contributed by atoms with E-state index in [1.54, 1.807) is 0 Å². The third-order valence-electron chi connectivity index (χ3n) is 6.27. The molecule has 0 unspecified atom stereocenters. The molecule has 0 saturated heterocycles. The highest BCUT2D eigenvalue weighted by molar-refractivity contribution is 5.95. The van der Waals surface area contributed by atoms with E-state index in [0.717, 1.165) is 25.9 Å². The Labute approximate surface area is 199 Å². The monoisotopic (exact) mass is 450 g/mol. The Morgan fingerprint density at radius 1 is 0.531 bits per heavy atom. The first-order valence-electron chi connectivity index (χ1n) is 13.9. The zero-order valence-electron chi connectivity index (χ0n) is 21.6. The van der Waals surface area contributed by atoms with Crippen LogP contribution in [0.4, 0.5) is 0 Å². The molecule has 0 radical (unpaired) electrons. The SMILES string of the molecule is CCCCCCCCCCCCN(CCCCCCCCCCCC)C(=O)C=CC(N)=O. The summed E-state index contributed by atoms with van der Waals surface area (Å²) in [6, 6.07) is 0. The first-order chi connectivity index (χ1) is 15.6. The molecule has 0 aliphatic carbocycles. The van der Waals surface area contributed by atoms with Crippen LogP contribution in [0.5, 0.6) is 0 Å². The van der Waals surface area contributed by atoms with Crippen molar-refractivity contribution in [2.75, 3.05) is 13.1 Å². The number of rotatable bonds is 24. The van der Waals surface area contributed by atoms with Crippen molar-refractivity contribution in [2.24, 2.45) is 5.73 Å². The summed E-state index contributed by atoms with van der Waals surface area (Å²) in [5, 5.41) is 0. The van der Waals surface area contributed by atoms with Gasteiger partial charge in [-0.25, -0.2) is 0 Å². The van der Waals surface area contributed by atoms with E-state index in [4.69, 9.17) is 5.73 Å². The minimum atomic E-state index is -0.559. The Bertz CT molecular complexity index is 438. The Hall–Kier alpha value is -1.32. The minimum absolute atomic E-state index is 0.0735. The maximum absolute atomic E-state index is 12.5. The van der Waals surface area contributed by atoms with Crippen molar-refractivity contribution in [3.05, 3.63) is 12.2 Å². The van der Waals surface area contributed by atoms with Crippen LogP contribution in [-0.2, 0) is 9.59 Å². The van der Waals surface area contributed by atoms with Crippen LogP contribution in [0.1, 0.15) is 142 Å². The van der Waals surface area contributed by atoms with Crippen LogP contribution in [0.3, 0.4) is 0 Å². The molecule has 0 atom stereocenters. The summed E-state index contributed by atoms with van der Waals surface area (Å²) in [6.45, 7) is 6.09. The smallest absolute Gasteiger partial charge is 0.246 e. The Kier molecular flexibility index (Phi) is 23.3. The van der Waals surface area contributed by atoms with Crippen molar-refractivity contribution < 1.29 is 9.59 Å². The van der Waals surface area contributed by atoms with Crippen LogP contribution in [0.15, 0.2) is 12.2 Å². The molecule has 32 heavy (non-hydrogen) atoms. The molecule has 0 aliphatic heterocycles. The number of nitrogens with zero attached hydrogens (tertiary/aromatic N) is 1. The van der Waals surface area contributed by atoms with Crippen LogP contribution in [-0.4, -0.2) is 29.8 Å². The fraction of sp³-hybridized carbons (Fsp3) is 0.857. The average molecular weight is 451 g/mol. The molecule has 188 valence electrons. The maximum atomic E-state index is 12.5. The predicted octanol–water partition coefficient (Wildman–Crippen LogP) is 7.70. The minimum Gasteiger partial charge on any atom is -0.366 e. The molecule has 0 heterocycles. The summed E-state index contributed by atoms with van der Waals surface area (Å²) < 4.78 is 0. The lowest BCUT2D eigenvalue weighted by molar-refractivity contribution is -0.126. The van der Waals surface area contributed by atoms with Gasteiger partial charge in [0.15, 0.2) is 0 Å². The van der Waals surface area contributed by atoms with Gasteiger partial charge in [0, 0.05) is 25.2 Å². The molecule has 0 aliphatic rings. The number of hydrogen-bond acceptors (Lipinski definition) is 2. The number of carbonyl (C=O) groups is 2. The lowest BCUT2D eigenvalue weighted by Gasteiger charge is -2.21. The number of nitrogens with two attached hydrogens (primary N) is 1. The van der Waals surface area contributed by atoms with E-state index in [2.05, 4.69) is 13.8 Å². The van der Waals surface area contributed by atoms with Gasteiger partial charge >= 0.3 is 0 Å². The van der Waals surface area contributed by atoms with Crippen LogP contribution in [0, 0.1) is 0 Å². The fourth-order valence-electron chi connectivity index (χ4n) is 4.17. The van der Waals surface area contributed by atoms with Crippen molar-refractivity contribution >= 4 is 11.8 Å². The molecule has 2 amide bonds. The Balaban J connectivity index is 3.96. The van der Waals surface area contributed by atoms with Gasteiger partial charge in [-0.3, -0.25) is 9.59 Å². The second kappa shape index (κ2) is 24.3. The van der Waals surface area contributed by atoms with Crippen molar-refractivity contribution in [2.45, 2.75) is 142 Å². The lowest BCUT2D eigenvalue weighted by atomic mass is 10.1. The second-order valence-corrected chi connectivity index (χ2v) is 9.42. The molecule has 0 saturated carbocycles. The molecule has 4 nitrogen and oxygen atoms in total. The summed E-state index contributed by atoms with van der Waals surface area (Å²) in [5.74, 6) is -0.633. The summed E-state index contributed by atoms with van der Waals surface area (Å²) in [4.78, 5) is 25.4. The summed E-state index contributed by atoms with van der Waals surface area (Å²) in [5.41, 5.74) is 5.16. The normalized spacial score (nSPS) is 11.3. The molecule has 0 rings (SSSR count). The van der Waals surface area contributed by atoms with Gasteiger partial charge in [0.05, 0.1) is 0 Å². The van der Waals surface area contributed by atoms with Gasteiger partial charge in [-0.05, 0) is 12.8 Å². The van der Waals surface area contributed by atoms with E-state index in [1.807, 2.05) is 4.90 Å². The highest BCUT2D eigenvalue weighted by atomic mass is 16.2. The van der Waals surface area contributed by atoms with Crippen molar-refractivity contribution in [3.8, 4) is 0 Å².